The molecule has 0 saturated carbocycles. The number of carbonyl (C=O) groups excluding carboxylic acids is 1. The normalized spacial score (nSPS) is 11.7. The number of hydrogen-bond acceptors (Lipinski definition) is 3. The molecule has 0 unspecified atom stereocenters. The molecule has 2 rings (SSSR count). The zero-order valence-corrected chi connectivity index (χ0v) is 14.8. The molecule has 4 heteroatoms. The zero-order chi connectivity index (χ0) is 17.5. The number of para-hydroxylation sites is 1. The molecule has 2 aromatic rings. The molecule has 1 atom stereocenters. The minimum atomic E-state index is -0.513. The summed E-state index contributed by atoms with van der Waals surface area (Å²) in [7, 11) is 1.62. The minimum Gasteiger partial charge on any atom is -0.496 e. The van der Waals surface area contributed by atoms with Gasteiger partial charge in [-0.15, -0.1) is 0 Å². The van der Waals surface area contributed by atoms with Crippen LogP contribution in [-0.4, -0.2) is 19.1 Å². The highest BCUT2D eigenvalue weighted by atomic mass is 16.5. The first kappa shape index (κ1) is 17.9. The lowest BCUT2D eigenvalue weighted by Crippen LogP contribution is -2.37. The molecule has 0 spiro atoms. The van der Waals surface area contributed by atoms with Gasteiger partial charge in [-0.25, -0.2) is 0 Å². The summed E-state index contributed by atoms with van der Waals surface area (Å²) in [6, 6.07) is 13.6. The van der Waals surface area contributed by atoms with Gasteiger partial charge in [-0.1, -0.05) is 42.8 Å². The van der Waals surface area contributed by atoms with Crippen LogP contribution in [0.2, 0.25) is 0 Å². The molecule has 0 radical (unpaired) electrons. The molecule has 0 aliphatic rings. The summed E-state index contributed by atoms with van der Waals surface area (Å²) < 4.78 is 11.2. The van der Waals surface area contributed by atoms with Gasteiger partial charge in [0, 0.05) is 12.1 Å². The van der Waals surface area contributed by atoms with Crippen molar-refractivity contribution in [3.05, 3.63) is 59.2 Å². The summed E-state index contributed by atoms with van der Waals surface area (Å²) in [5.41, 5.74) is 3.15. The highest BCUT2D eigenvalue weighted by Crippen LogP contribution is 2.21. The van der Waals surface area contributed by atoms with Crippen LogP contribution in [0.25, 0.3) is 0 Å². The fourth-order valence-corrected chi connectivity index (χ4v) is 2.55. The molecule has 128 valence electrons. The first-order valence-electron chi connectivity index (χ1n) is 8.18. The molecule has 0 heterocycles. The van der Waals surface area contributed by atoms with E-state index >= 15 is 0 Å². The molecule has 2 aromatic carbocycles. The molecular formula is C20H25NO3. The number of ether oxygens (including phenoxy) is 2. The van der Waals surface area contributed by atoms with Gasteiger partial charge < -0.3 is 14.8 Å². The Kier molecular flexibility index (Phi) is 6.24. The predicted octanol–water partition coefficient (Wildman–Crippen LogP) is 3.79. The molecule has 24 heavy (non-hydrogen) atoms. The Morgan fingerprint density at radius 3 is 2.54 bits per heavy atom. The van der Waals surface area contributed by atoms with Gasteiger partial charge in [0.2, 0.25) is 0 Å². The summed E-state index contributed by atoms with van der Waals surface area (Å²) in [5.74, 6) is 1.39. The second kappa shape index (κ2) is 8.39. The van der Waals surface area contributed by atoms with Crippen molar-refractivity contribution < 1.29 is 14.3 Å². The van der Waals surface area contributed by atoms with Gasteiger partial charge in [-0.05, 0) is 38.0 Å². The Bertz CT molecular complexity index is 697. The van der Waals surface area contributed by atoms with Gasteiger partial charge in [0.1, 0.15) is 11.5 Å². The van der Waals surface area contributed by atoms with E-state index in [1.54, 1.807) is 7.11 Å². The van der Waals surface area contributed by atoms with Crippen LogP contribution >= 0.6 is 0 Å². The van der Waals surface area contributed by atoms with E-state index in [0.717, 1.165) is 22.6 Å². The quantitative estimate of drug-likeness (QED) is 0.842. The van der Waals surface area contributed by atoms with Crippen LogP contribution in [0.15, 0.2) is 42.5 Å². The van der Waals surface area contributed by atoms with E-state index in [4.69, 9.17) is 9.47 Å². The molecular weight excluding hydrogens is 302 g/mol. The summed E-state index contributed by atoms with van der Waals surface area (Å²) in [6.07, 6.45) is 0.0894. The third-order valence-electron chi connectivity index (χ3n) is 3.91. The Morgan fingerprint density at radius 1 is 1.12 bits per heavy atom. The molecule has 0 aliphatic carbocycles. The van der Waals surface area contributed by atoms with E-state index in [0.29, 0.717) is 13.0 Å². The smallest absolute Gasteiger partial charge is 0.261 e. The van der Waals surface area contributed by atoms with Crippen molar-refractivity contribution in [1.82, 2.24) is 5.32 Å². The largest absolute Gasteiger partial charge is 0.496 e. The number of carbonyl (C=O) groups is 1. The maximum absolute atomic E-state index is 12.5. The van der Waals surface area contributed by atoms with Crippen LogP contribution in [0.1, 0.15) is 30.0 Å². The maximum Gasteiger partial charge on any atom is 0.261 e. The van der Waals surface area contributed by atoms with Gasteiger partial charge in [-0.2, -0.15) is 0 Å². The van der Waals surface area contributed by atoms with Crippen molar-refractivity contribution in [2.75, 3.05) is 7.11 Å². The van der Waals surface area contributed by atoms with Gasteiger partial charge in [0.25, 0.3) is 5.91 Å². The Balaban J connectivity index is 2.01. The van der Waals surface area contributed by atoms with Crippen molar-refractivity contribution in [3.63, 3.8) is 0 Å². The topological polar surface area (TPSA) is 47.6 Å². The van der Waals surface area contributed by atoms with E-state index in [-0.39, 0.29) is 5.91 Å². The van der Waals surface area contributed by atoms with Gasteiger partial charge in [-0.3, -0.25) is 4.79 Å². The fraction of sp³-hybridized carbons (Fsp3) is 0.350. The fourth-order valence-electron chi connectivity index (χ4n) is 2.55. The minimum absolute atomic E-state index is 0.122. The van der Waals surface area contributed by atoms with E-state index in [2.05, 4.69) is 11.4 Å². The highest BCUT2D eigenvalue weighted by molar-refractivity contribution is 5.81. The van der Waals surface area contributed by atoms with Crippen LogP contribution in [0.4, 0.5) is 0 Å². The van der Waals surface area contributed by atoms with E-state index in [1.807, 2.05) is 57.2 Å². The van der Waals surface area contributed by atoms with Crippen LogP contribution in [0.5, 0.6) is 11.5 Å². The molecule has 4 nitrogen and oxygen atoms in total. The standard InChI is InChI=1S/C20H25NO3/c1-5-17(24-18-11-10-14(2)12-15(18)3)20(22)21-13-16-8-6-7-9-19(16)23-4/h6-12,17H,5,13H2,1-4H3,(H,21,22)/t17-/m0/s1. The first-order chi connectivity index (χ1) is 11.5. The monoisotopic (exact) mass is 327 g/mol. The number of amides is 1. The summed E-state index contributed by atoms with van der Waals surface area (Å²) in [4.78, 5) is 12.5. The Hall–Kier alpha value is -2.49. The number of methoxy groups -OCH3 is 1. The lowest BCUT2D eigenvalue weighted by Gasteiger charge is -2.19. The Labute approximate surface area is 143 Å². The number of nitrogens with one attached hydrogen (secondary N) is 1. The van der Waals surface area contributed by atoms with Crippen LogP contribution in [-0.2, 0) is 11.3 Å². The summed E-state index contributed by atoms with van der Waals surface area (Å²) in [5, 5.41) is 2.93. The third-order valence-corrected chi connectivity index (χ3v) is 3.91. The van der Waals surface area contributed by atoms with E-state index in [9.17, 15) is 4.79 Å². The number of rotatable bonds is 7. The lowest BCUT2D eigenvalue weighted by atomic mass is 10.1. The second-order valence-electron chi connectivity index (χ2n) is 5.81. The summed E-state index contributed by atoms with van der Waals surface area (Å²) in [6.45, 7) is 6.38. The average Bonchev–Trinajstić information content (AvgIpc) is 2.59. The third kappa shape index (κ3) is 4.51. The van der Waals surface area contributed by atoms with Crippen LogP contribution < -0.4 is 14.8 Å². The second-order valence-corrected chi connectivity index (χ2v) is 5.81. The molecule has 0 saturated heterocycles. The first-order valence-corrected chi connectivity index (χ1v) is 8.18. The highest BCUT2D eigenvalue weighted by Gasteiger charge is 2.19. The van der Waals surface area contributed by atoms with Crippen molar-refractivity contribution in [3.8, 4) is 11.5 Å². The van der Waals surface area contributed by atoms with Crippen molar-refractivity contribution in [1.29, 1.82) is 0 Å². The SMILES string of the molecule is CC[C@H](Oc1ccc(C)cc1C)C(=O)NCc1ccccc1OC. The number of hydrogen-bond donors (Lipinski definition) is 1. The molecule has 0 bridgehead atoms. The van der Waals surface area contributed by atoms with Crippen molar-refractivity contribution in [2.24, 2.45) is 0 Å². The maximum atomic E-state index is 12.5. The number of aryl methyl sites for hydroxylation is 2. The van der Waals surface area contributed by atoms with E-state index in [1.165, 1.54) is 5.56 Å². The molecule has 0 fully saturated rings. The molecule has 1 N–H and O–H groups in total. The van der Waals surface area contributed by atoms with E-state index < -0.39 is 6.10 Å². The molecule has 0 aliphatic heterocycles. The zero-order valence-electron chi connectivity index (χ0n) is 14.8. The average molecular weight is 327 g/mol. The summed E-state index contributed by atoms with van der Waals surface area (Å²) >= 11 is 0. The number of benzene rings is 2. The van der Waals surface area contributed by atoms with Gasteiger partial charge in [0.05, 0.1) is 7.11 Å². The van der Waals surface area contributed by atoms with Gasteiger partial charge in [0.15, 0.2) is 6.10 Å². The van der Waals surface area contributed by atoms with Crippen LogP contribution in [0, 0.1) is 13.8 Å². The van der Waals surface area contributed by atoms with Crippen molar-refractivity contribution in [2.45, 2.75) is 39.8 Å². The van der Waals surface area contributed by atoms with Crippen molar-refractivity contribution >= 4 is 5.91 Å². The van der Waals surface area contributed by atoms with Gasteiger partial charge >= 0.3 is 0 Å². The predicted molar refractivity (Wildman–Crippen MR) is 95.5 cm³/mol. The Morgan fingerprint density at radius 2 is 1.88 bits per heavy atom. The molecule has 0 aromatic heterocycles. The lowest BCUT2D eigenvalue weighted by molar-refractivity contribution is -0.128. The van der Waals surface area contributed by atoms with Crippen LogP contribution in [0.3, 0.4) is 0 Å². The molecule has 1 amide bonds.